The maximum Gasteiger partial charge on any atom is 0.119 e. The lowest BCUT2D eigenvalue weighted by Crippen LogP contribution is -2.50. The molecule has 3 nitrogen and oxygen atoms in total. The fourth-order valence-electron chi connectivity index (χ4n) is 4.50. The first-order chi connectivity index (χ1) is 12.7. The van der Waals surface area contributed by atoms with Crippen LogP contribution in [0.2, 0.25) is 0 Å². The Labute approximate surface area is 157 Å². The molecule has 2 atom stereocenters. The minimum Gasteiger partial charge on any atom is -0.396 e. The minimum absolute atomic E-state index is 0.0742. The van der Waals surface area contributed by atoms with E-state index in [0.717, 1.165) is 24.2 Å². The molecule has 0 spiro atoms. The second-order valence-corrected chi connectivity index (χ2v) is 7.45. The summed E-state index contributed by atoms with van der Waals surface area (Å²) in [5.74, 6) is -0.0876. The second kappa shape index (κ2) is 8.81. The number of hydrogen-bond donors (Lipinski definition) is 2. The normalized spacial score (nSPS) is 18.4. The van der Waals surface area contributed by atoms with Crippen molar-refractivity contribution in [1.29, 1.82) is 0 Å². The van der Waals surface area contributed by atoms with Gasteiger partial charge in [-0.25, -0.2) is 0 Å². The first-order valence-electron chi connectivity index (χ1n) is 9.86. The molecule has 2 N–H and O–H groups in total. The van der Waals surface area contributed by atoms with Crippen molar-refractivity contribution < 1.29 is 10.2 Å². The van der Waals surface area contributed by atoms with Gasteiger partial charge in [-0.3, -0.25) is 0 Å². The lowest BCUT2D eigenvalue weighted by molar-refractivity contribution is -0.0392. The number of benzene rings is 2. The molecule has 1 saturated heterocycles. The van der Waals surface area contributed by atoms with Gasteiger partial charge in [0.05, 0.1) is 0 Å². The van der Waals surface area contributed by atoms with E-state index in [0.29, 0.717) is 6.42 Å². The molecular formula is C23H31NO2. The van der Waals surface area contributed by atoms with Gasteiger partial charge in [-0.05, 0) is 50.4 Å². The molecule has 0 bridgehead atoms. The summed E-state index contributed by atoms with van der Waals surface area (Å²) < 4.78 is 0. The highest BCUT2D eigenvalue weighted by Crippen LogP contribution is 2.41. The van der Waals surface area contributed by atoms with Crippen LogP contribution >= 0.6 is 0 Å². The third-order valence-electron chi connectivity index (χ3n) is 5.95. The Morgan fingerprint density at radius 1 is 0.885 bits per heavy atom. The summed E-state index contributed by atoms with van der Waals surface area (Å²) in [5, 5.41) is 21.9. The molecule has 0 amide bonds. The van der Waals surface area contributed by atoms with Crippen LogP contribution in [0.15, 0.2) is 60.7 Å². The van der Waals surface area contributed by atoms with Crippen molar-refractivity contribution in [2.45, 2.75) is 44.2 Å². The quantitative estimate of drug-likeness (QED) is 0.796. The summed E-state index contributed by atoms with van der Waals surface area (Å²) in [6.45, 7) is 4.43. The van der Waals surface area contributed by atoms with Gasteiger partial charge in [0.25, 0.3) is 0 Å². The summed E-state index contributed by atoms with van der Waals surface area (Å²) >= 11 is 0. The van der Waals surface area contributed by atoms with Crippen molar-refractivity contribution in [3.05, 3.63) is 71.8 Å². The summed E-state index contributed by atoms with van der Waals surface area (Å²) in [6, 6.07) is 20.0. The predicted molar refractivity (Wildman–Crippen MR) is 106 cm³/mol. The van der Waals surface area contributed by atoms with E-state index in [1.54, 1.807) is 0 Å². The van der Waals surface area contributed by atoms with E-state index in [1.807, 2.05) is 60.7 Å². The van der Waals surface area contributed by atoms with Gasteiger partial charge >= 0.3 is 0 Å². The van der Waals surface area contributed by atoms with Gasteiger partial charge in [0.1, 0.15) is 5.60 Å². The molecule has 26 heavy (non-hydrogen) atoms. The number of likely N-dealkylation sites (tertiary alicyclic amines) is 1. The van der Waals surface area contributed by atoms with Crippen molar-refractivity contribution in [2.75, 3.05) is 19.7 Å². The molecule has 1 fully saturated rings. The maximum atomic E-state index is 12.1. The molecule has 0 aromatic heterocycles. The van der Waals surface area contributed by atoms with Crippen molar-refractivity contribution in [3.8, 4) is 0 Å². The van der Waals surface area contributed by atoms with Crippen molar-refractivity contribution in [2.24, 2.45) is 5.92 Å². The van der Waals surface area contributed by atoms with Crippen LogP contribution in [0.1, 0.15) is 43.7 Å². The van der Waals surface area contributed by atoms with Gasteiger partial charge in [-0.2, -0.15) is 0 Å². The highest BCUT2D eigenvalue weighted by Gasteiger charge is 2.44. The number of nitrogens with zero attached hydrogens (tertiary/aromatic N) is 1. The standard InChI is InChI=1S/C23H31NO2/c1-19(24-16-9-4-10-17-24)22(15-18-25)23(26,20-11-5-2-6-12-20)21-13-7-3-8-14-21/h2-3,5-8,11-14,19,22,25-26H,4,9-10,15-18H2,1H3. The van der Waals surface area contributed by atoms with Crippen LogP contribution in [0, 0.1) is 5.92 Å². The van der Waals surface area contributed by atoms with E-state index in [-0.39, 0.29) is 18.6 Å². The highest BCUT2D eigenvalue weighted by atomic mass is 16.3. The second-order valence-electron chi connectivity index (χ2n) is 7.45. The molecule has 2 aromatic rings. The van der Waals surface area contributed by atoms with Crippen LogP contribution in [-0.4, -0.2) is 40.9 Å². The molecule has 1 aliphatic rings. The zero-order valence-corrected chi connectivity index (χ0v) is 15.7. The van der Waals surface area contributed by atoms with Gasteiger partial charge in [-0.15, -0.1) is 0 Å². The molecule has 2 aromatic carbocycles. The van der Waals surface area contributed by atoms with Crippen LogP contribution in [-0.2, 0) is 5.60 Å². The average Bonchev–Trinajstić information content (AvgIpc) is 2.73. The highest BCUT2D eigenvalue weighted by molar-refractivity contribution is 5.37. The molecule has 1 heterocycles. The molecule has 3 rings (SSSR count). The third-order valence-corrected chi connectivity index (χ3v) is 5.95. The number of piperidine rings is 1. The molecule has 0 aliphatic carbocycles. The lowest BCUT2D eigenvalue weighted by atomic mass is 9.71. The first-order valence-corrected chi connectivity index (χ1v) is 9.86. The van der Waals surface area contributed by atoms with Crippen LogP contribution in [0.4, 0.5) is 0 Å². The number of rotatable bonds is 7. The Morgan fingerprint density at radius 2 is 1.38 bits per heavy atom. The average molecular weight is 354 g/mol. The van der Waals surface area contributed by atoms with Crippen LogP contribution in [0.3, 0.4) is 0 Å². The fraction of sp³-hybridized carbons (Fsp3) is 0.478. The van der Waals surface area contributed by atoms with Crippen LogP contribution in [0.25, 0.3) is 0 Å². The summed E-state index contributed by atoms with van der Waals surface area (Å²) in [4.78, 5) is 2.49. The van der Waals surface area contributed by atoms with Crippen molar-refractivity contribution >= 4 is 0 Å². The molecule has 0 radical (unpaired) electrons. The SMILES string of the molecule is CC(C(CCO)C(O)(c1ccccc1)c1ccccc1)N1CCCCC1. The summed E-state index contributed by atoms with van der Waals surface area (Å²) in [5.41, 5.74) is 0.671. The number of aliphatic hydroxyl groups excluding tert-OH is 1. The maximum absolute atomic E-state index is 12.1. The summed E-state index contributed by atoms with van der Waals surface area (Å²) in [6.07, 6.45) is 4.28. The summed E-state index contributed by atoms with van der Waals surface area (Å²) in [7, 11) is 0. The third kappa shape index (κ3) is 3.85. The van der Waals surface area contributed by atoms with Crippen molar-refractivity contribution in [3.63, 3.8) is 0 Å². The van der Waals surface area contributed by atoms with Gasteiger partial charge in [0.15, 0.2) is 0 Å². The molecule has 0 saturated carbocycles. The zero-order chi connectivity index (χ0) is 18.4. The zero-order valence-electron chi connectivity index (χ0n) is 15.7. The lowest BCUT2D eigenvalue weighted by Gasteiger charge is -2.45. The van der Waals surface area contributed by atoms with E-state index in [1.165, 1.54) is 19.3 Å². The number of aliphatic hydroxyl groups is 2. The Kier molecular flexibility index (Phi) is 6.47. The van der Waals surface area contributed by atoms with E-state index in [2.05, 4.69) is 11.8 Å². The monoisotopic (exact) mass is 353 g/mol. The van der Waals surface area contributed by atoms with E-state index >= 15 is 0 Å². The van der Waals surface area contributed by atoms with Gasteiger partial charge < -0.3 is 15.1 Å². The molecule has 2 unspecified atom stereocenters. The Bertz CT molecular complexity index is 613. The van der Waals surface area contributed by atoms with Crippen LogP contribution in [0.5, 0.6) is 0 Å². The first kappa shape index (κ1) is 19.1. The van der Waals surface area contributed by atoms with Crippen molar-refractivity contribution in [1.82, 2.24) is 4.90 Å². The fourth-order valence-corrected chi connectivity index (χ4v) is 4.50. The van der Waals surface area contributed by atoms with E-state index in [4.69, 9.17) is 0 Å². The van der Waals surface area contributed by atoms with Gasteiger partial charge in [0, 0.05) is 18.6 Å². The molecule has 140 valence electrons. The Hall–Kier alpha value is -1.68. The smallest absolute Gasteiger partial charge is 0.119 e. The van der Waals surface area contributed by atoms with E-state index in [9.17, 15) is 10.2 Å². The molecular weight excluding hydrogens is 322 g/mol. The topological polar surface area (TPSA) is 43.7 Å². The Balaban J connectivity index is 2.05. The van der Waals surface area contributed by atoms with E-state index < -0.39 is 5.60 Å². The minimum atomic E-state index is -1.12. The van der Waals surface area contributed by atoms with Gasteiger partial charge in [0.2, 0.25) is 0 Å². The predicted octanol–water partition coefficient (Wildman–Crippen LogP) is 3.80. The Morgan fingerprint density at radius 3 is 1.85 bits per heavy atom. The van der Waals surface area contributed by atoms with Crippen LogP contribution < -0.4 is 0 Å². The molecule has 1 aliphatic heterocycles. The largest absolute Gasteiger partial charge is 0.396 e. The van der Waals surface area contributed by atoms with Gasteiger partial charge in [-0.1, -0.05) is 67.1 Å². The molecule has 3 heteroatoms. The number of hydrogen-bond acceptors (Lipinski definition) is 3.